The standard InChI is InChI=1S/C14H17FO3/c1-14(2,17-3)8-11(16)12-7-9-5-4-6-10(15)13(9)18-12/h4-7,11,16H,8H2,1-3H3. The van der Waals surface area contributed by atoms with Crippen LogP contribution < -0.4 is 0 Å². The number of halogens is 1. The second-order valence-corrected chi connectivity index (χ2v) is 4.99. The monoisotopic (exact) mass is 252 g/mol. The van der Waals surface area contributed by atoms with E-state index in [1.54, 1.807) is 25.3 Å². The van der Waals surface area contributed by atoms with Gasteiger partial charge in [0.15, 0.2) is 11.4 Å². The fraction of sp³-hybridized carbons (Fsp3) is 0.429. The summed E-state index contributed by atoms with van der Waals surface area (Å²) in [5, 5.41) is 10.7. The van der Waals surface area contributed by atoms with Crippen LogP contribution >= 0.6 is 0 Å². The van der Waals surface area contributed by atoms with E-state index in [2.05, 4.69) is 0 Å². The number of hydrogen-bond acceptors (Lipinski definition) is 3. The zero-order valence-electron chi connectivity index (χ0n) is 10.7. The molecule has 2 aromatic rings. The van der Waals surface area contributed by atoms with Crippen LogP contribution in [0, 0.1) is 5.82 Å². The Morgan fingerprint density at radius 2 is 2.17 bits per heavy atom. The number of hydrogen-bond donors (Lipinski definition) is 1. The average molecular weight is 252 g/mol. The van der Waals surface area contributed by atoms with Crippen LogP contribution in [0.5, 0.6) is 0 Å². The van der Waals surface area contributed by atoms with Gasteiger partial charge in [-0.15, -0.1) is 0 Å². The molecule has 1 aromatic carbocycles. The van der Waals surface area contributed by atoms with Crippen LogP contribution in [0.15, 0.2) is 28.7 Å². The highest BCUT2D eigenvalue weighted by Crippen LogP contribution is 2.30. The zero-order valence-corrected chi connectivity index (χ0v) is 10.7. The van der Waals surface area contributed by atoms with Gasteiger partial charge in [-0.25, -0.2) is 4.39 Å². The third-order valence-electron chi connectivity index (χ3n) is 3.08. The van der Waals surface area contributed by atoms with Gasteiger partial charge in [-0.3, -0.25) is 0 Å². The van der Waals surface area contributed by atoms with Gasteiger partial charge in [-0.2, -0.15) is 0 Å². The summed E-state index contributed by atoms with van der Waals surface area (Å²) in [6.07, 6.45) is -0.433. The normalized spacial score (nSPS) is 14.1. The highest BCUT2D eigenvalue weighted by Gasteiger charge is 2.25. The summed E-state index contributed by atoms with van der Waals surface area (Å²) in [7, 11) is 1.59. The lowest BCUT2D eigenvalue weighted by Crippen LogP contribution is -2.25. The Balaban J connectivity index is 2.29. The number of aliphatic hydroxyl groups is 1. The van der Waals surface area contributed by atoms with E-state index >= 15 is 0 Å². The number of benzene rings is 1. The minimum Gasteiger partial charge on any atom is -0.455 e. The van der Waals surface area contributed by atoms with Gasteiger partial charge >= 0.3 is 0 Å². The minimum atomic E-state index is -0.813. The third-order valence-corrected chi connectivity index (χ3v) is 3.08. The Morgan fingerprint density at radius 1 is 1.44 bits per heavy atom. The molecule has 2 rings (SSSR count). The second-order valence-electron chi connectivity index (χ2n) is 4.99. The first-order chi connectivity index (χ1) is 8.43. The SMILES string of the molecule is COC(C)(C)CC(O)c1cc2cccc(F)c2o1. The van der Waals surface area contributed by atoms with Crippen molar-refractivity contribution in [2.75, 3.05) is 7.11 Å². The number of rotatable bonds is 4. The highest BCUT2D eigenvalue weighted by atomic mass is 19.1. The summed E-state index contributed by atoms with van der Waals surface area (Å²) < 4.78 is 24.1. The Bertz CT molecular complexity index is 545. The van der Waals surface area contributed by atoms with Crippen molar-refractivity contribution in [1.82, 2.24) is 0 Å². The first-order valence-electron chi connectivity index (χ1n) is 5.84. The van der Waals surface area contributed by atoms with Gasteiger partial charge in [0, 0.05) is 18.9 Å². The molecule has 1 N–H and O–H groups in total. The molecule has 0 aliphatic carbocycles. The predicted molar refractivity (Wildman–Crippen MR) is 66.8 cm³/mol. The van der Waals surface area contributed by atoms with Crippen molar-refractivity contribution in [3.63, 3.8) is 0 Å². The lowest BCUT2D eigenvalue weighted by molar-refractivity contribution is -0.0245. The van der Waals surface area contributed by atoms with E-state index in [-0.39, 0.29) is 5.58 Å². The van der Waals surface area contributed by atoms with E-state index < -0.39 is 17.5 Å². The fourth-order valence-corrected chi connectivity index (χ4v) is 1.86. The predicted octanol–water partition coefficient (Wildman–Crippen LogP) is 3.42. The topological polar surface area (TPSA) is 42.6 Å². The molecule has 0 bridgehead atoms. The van der Waals surface area contributed by atoms with Crippen LogP contribution in [-0.4, -0.2) is 17.8 Å². The summed E-state index contributed by atoms with van der Waals surface area (Å²) in [4.78, 5) is 0. The van der Waals surface area contributed by atoms with Crippen molar-refractivity contribution < 1.29 is 18.7 Å². The molecule has 1 aromatic heterocycles. The molecule has 4 heteroatoms. The first kappa shape index (κ1) is 13.1. The summed E-state index contributed by atoms with van der Waals surface area (Å²) in [5.74, 6) is -0.0582. The lowest BCUT2D eigenvalue weighted by Gasteiger charge is -2.24. The first-order valence-corrected chi connectivity index (χ1v) is 5.84. The molecule has 1 heterocycles. The van der Waals surface area contributed by atoms with Crippen molar-refractivity contribution in [3.8, 4) is 0 Å². The summed E-state index contributed by atoms with van der Waals surface area (Å²) in [5.41, 5.74) is -0.279. The lowest BCUT2D eigenvalue weighted by atomic mass is 9.99. The Labute approximate surface area is 105 Å². The average Bonchev–Trinajstić information content (AvgIpc) is 2.74. The molecule has 0 spiro atoms. The maximum absolute atomic E-state index is 13.5. The second kappa shape index (κ2) is 4.71. The van der Waals surface area contributed by atoms with Crippen LogP contribution in [0.3, 0.4) is 0 Å². The van der Waals surface area contributed by atoms with Gasteiger partial charge in [0.2, 0.25) is 0 Å². The van der Waals surface area contributed by atoms with Crippen LogP contribution in [-0.2, 0) is 4.74 Å². The number of aliphatic hydroxyl groups excluding tert-OH is 1. The van der Waals surface area contributed by atoms with Crippen LogP contribution in [0.2, 0.25) is 0 Å². The zero-order chi connectivity index (χ0) is 13.3. The van der Waals surface area contributed by atoms with E-state index in [1.807, 2.05) is 13.8 Å². The largest absolute Gasteiger partial charge is 0.455 e. The van der Waals surface area contributed by atoms with E-state index in [0.717, 1.165) is 0 Å². The molecule has 0 radical (unpaired) electrons. The fourth-order valence-electron chi connectivity index (χ4n) is 1.86. The smallest absolute Gasteiger partial charge is 0.170 e. The Morgan fingerprint density at radius 3 is 2.78 bits per heavy atom. The van der Waals surface area contributed by atoms with Gasteiger partial charge in [-0.1, -0.05) is 12.1 Å². The van der Waals surface area contributed by atoms with E-state index in [4.69, 9.17) is 9.15 Å². The molecule has 98 valence electrons. The van der Waals surface area contributed by atoms with Crippen molar-refractivity contribution in [1.29, 1.82) is 0 Å². The number of furan rings is 1. The molecule has 0 saturated carbocycles. The third kappa shape index (κ3) is 2.54. The molecular formula is C14H17FO3. The number of ether oxygens (including phenoxy) is 1. The molecule has 0 aliphatic rings. The van der Waals surface area contributed by atoms with Crippen LogP contribution in [0.4, 0.5) is 4.39 Å². The Kier molecular flexibility index (Phi) is 3.41. The molecule has 0 amide bonds. The molecule has 1 atom stereocenters. The van der Waals surface area contributed by atoms with Crippen molar-refractivity contribution in [2.45, 2.75) is 32.0 Å². The number of methoxy groups -OCH3 is 1. The molecule has 0 saturated heterocycles. The van der Waals surface area contributed by atoms with E-state index in [9.17, 15) is 9.50 Å². The van der Waals surface area contributed by atoms with Gasteiger partial charge in [0.1, 0.15) is 11.9 Å². The number of para-hydroxylation sites is 1. The molecule has 0 aliphatic heterocycles. The van der Waals surface area contributed by atoms with Gasteiger partial charge in [-0.05, 0) is 26.0 Å². The van der Waals surface area contributed by atoms with Crippen LogP contribution in [0.1, 0.15) is 32.1 Å². The van der Waals surface area contributed by atoms with Gasteiger partial charge in [0.05, 0.1) is 5.60 Å². The maximum atomic E-state index is 13.5. The molecular weight excluding hydrogens is 235 g/mol. The summed E-state index contributed by atoms with van der Waals surface area (Å²) in [6.45, 7) is 3.75. The van der Waals surface area contributed by atoms with Crippen molar-refractivity contribution >= 4 is 11.0 Å². The highest BCUT2D eigenvalue weighted by molar-refractivity contribution is 5.78. The summed E-state index contributed by atoms with van der Waals surface area (Å²) in [6, 6.07) is 6.36. The minimum absolute atomic E-state index is 0.182. The molecule has 18 heavy (non-hydrogen) atoms. The van der Waals surface area contributed by atoms with Gasteiger partial charge < -0.3 is 14.3 Å². The maximum Gasteiger partial charge on any atom is 0.170 e. The van der Waals surface area contributed by atoms with Crippen molar-refractivity contribution in [2.24, 2.45) is 0 Å². The van der Waals surface area contributed by atoms with E-state index in [0.29, 0.717) is 17.6 Å². The van der Waals surface area contributed by atoms with Crippen molar-refractivity contribution in [3.05, 3.63) is 35.8 Å². The Hall–Kier alpha value is -1.39. The summed E-state index contributed by atoms with van der Waals surface area (Å²) >= 11 is 0. The van der Waals surface area contributed by atoms with Crippen LogP contribution in [0.25, 0.3) is 11.0 Å². The number of fused-ring (bicyclic) bond motifs is 1. The molecule has 1 unspecified atom stereocenters. The molecule has 3 nitrogen and oxygen atoms in total. The molecule has 0 fully saturated rings. The van der Waals surface area contributed by atoms with Gasteiger partial charge in [0.25, 0.3) is 0 Å². The van der Waals surface area contributed by atoms with E-state index in [1.165, 1.54) is 6.07 Å². The quantitative estimate of drug-likeness (QED) is 0.906.